The van der Waals surface area contributed by atoms with Crippen molar-refractivity contribution in [3.63, 3.8) is 0 Å². The van der Waals surface area contributed by atoms with Crippen molar-refractivity contribution in [2.45, 2.75) is 6.54 Å². The zero-order chi connectivity index (χ0) is 10.7. The van der Waals surface area contributed by atoms with E-state index >= 15 is 0 Å². The van der Waals surface area contributed by atoms with E-state index in [0.29, 0.717) is 10.7 Å². The highest BCUT2D eigenvalue weighted by Crippen LogP contribution is 2.15. The van der Waals surface area contributed by atoms with Gasteiger partial charge in [0.15, 0.2) is 16.8 Å². The van der Waals surface area contributed by atoms with Gasteiger partial charge in [-0.3, -0.25) is 0 Å². The van der Waals surface area contributed by atoms with Crippen molar-refractivity contribution >= 4 is 16.5 Å². The monoisotopic (exact) mass is 226 g/mol. The Morgan fingerprint density at radius 3 is 2.93 bits per heavy atom. The topological polar surface area (TPSA) is 24.9 Å². The Morgan fingerprint density at radius 2 is 2.20 bits per heavy atom. The smallest absolute Gasteiger partial charge is 0.182 e. The van der Waals surface area contributed by atoms with Crippen LogP contribution < -0.4 is 5.32 Å². The normalized spacial score (nSPS) is 10.3. The van der Waals surface area contributed by atoms with Crippen LogP contribution in [-0.4, -0.2) is 4.98 Å². The van der Waals surface area contributed by atoms with Crippen LogP contribution in [-0.2, 0) is 6.54 Å². The van der Waals surface area contributed by atoms with Crippen molar-refractivity contribution in [3.8, 4) is 0 Å². The van der Waals surface area contributed by atoms with Crippen LogP contribution in [0.3, 0.4) is 0 Å². The fourth-order valence-corrected chi connectivity index (χ4v) is 1.69. The third-order valence-electron chi connectivity index (χ3n) is 1.89. The van der Waals surface area contributed by atoms with E-state index in [9.17, 15) is 8.78 Å². The van der Waals surface area contributed by atoms with Gasteiger partial charge in [0.25, 0.3) is 0 Å². The van der Waals surface area contributed by atoms with E-state index in [-0.39, 0.29) is 6.54 Å². The van der Waals surface area contributed by atoms with Gasteiger partial charge in [0.05, 0.1) is 0 Å². The van der Waals surface area contributed by atoms with E-state index in [4.69, 9.17) is 0 Å². The van der Waals surface area contributed by atoms with Crippen molar-refractivity contribution < 1.29 is 8.78 Å². The third kappa shape index (κ3) is 2.30. The fourth-order valence-electron chi connectivity index (χ4n) is 1.17. The summed E-state index contributed by atoms with van der Waals surface area (Å²) in [5, 5.41) is 5.41. The summed E-state index contributed by atoms with van der Waals surface area (Å²) < 4.78 is 26.0. The lowest BCUT2D eigenvalue weighted by Gasteiger charge is -2.04. The molecule has 0 aliphatic rings. The number of aromatic nitrogens is 1. The highest BCUT2D eigenvalue weighted by molar-refractivity contribution is 7.13. The zero-order valence-electron chi connectivity index (χ0n) is 7.71. The van der Waals surface area contributed by atoms with Crippen molar-refractivity contribution in [1.29, 1.82) is 0 Å². The standard InChI is InChI=1S/C10H8F2N2S/c11-8-3-1-2-7(9(8)12)6-14-10-13-4-5-15-10/h1-5H,6H2,(H,13,14). The van der Waals surface area contributed by atoms with Crippen LogP contribution in [0.25, 0.3) is 0 Å². The number of anilines is 1. The molecule has 0 aliphatic carbocycles. The second-order valence-electron chi connectivity index (χ2n) is 2.90. The largest absolute Gasteiger partial charge is 0.357 e. The highest BCUT2D eigenvalue weighted by Gasteiger charge is 2.07. The molecule has 0 atom stereocenters. The first-order valence-electron chi connectivity index (χ1n) is 4.33. The van der Waals surface area contributed by atoms with Crippen LogP contribution in [0, 0.1) is 11.6 Å². The van der Waals surface area contributed by atoms with E-state index in [1.54, 1.807) is 12.3 Å². The highest BCUT2D eigenvalue weighted by atomic mass is 32.1. The van der Waals surface area contributed by atoms with E-state index in [0.717, 1.165) is 6.07 Å². The van der Waals surface area contributed by atoms with E-state index in [1.165, 1.54) is 17.4 Å². The molecule has 1 N–H and O–H groups in total. The van der Waals surface area contributed by atoms with Crippen molar-refractivity contribution in [2.24, 2.45) is 0 Å². The summed E-state index contributed by atoms with van der Waals surface area (Å²) in [5.74, 6) is -1.63. The molecule has 1 heterocycles. The van der Waals surface area contributed by atoms with Crippen LogP contribution in [0.5, 0.6) is 0 Å². The minimum absolute atomic E-state index is 0.233. The molecule has 78 valence electrons. The molecule has 0 fully saturated rings. The SMILES string of the molecule is Fc1cccc(CNc2nccs2)c1F. The Bertz CT molecular complexity index is 443. The van der Waals surface area contributed by atoms with Crippen molar-refractivity contribution in [3.05, 3.63) is 47.0 Å². The number of benzene rings is 1. The van der Waals surface area contributed by atoms with Crippen LogP contribution in [0.1, 0.15) is 5.56 Å². The van der Waals surface area contributed by atoms with Gasteiger partial charge in [0.1, 0.15) is 0 Å². The van der Waals surface area contributed by atoms with Crippen LogP contribution >= 0.6 is 11.3 Å². The second-order valence-corrected chi connectivity index (χ2v) is 3.80. The minimum Gasteiger partial charge on any atom is -0.357 e. The lowest BCUT2D eigenvalue weighted by molar-refractivity contribution is 0.500. The maximum absolute atomic E-state index is 13.2. The quantitative estimate of drug-likeness (QED) is 0.870. The molecule has 2 rings (SSSR count). The summed E-state index contributed by atoms with van der Waals surface area (Å²) >= 11 is 1.41. The molecule has 15 heavy (non-hydrogen) atoms. The van der Waals surface area contributed by atoms with Crippen molar-refractivity contribution in [2.75, 3.05) is 5.32 Å². The van der Waals surface area contributed by atoms with Crippen LogP contribution in [0.15, 0.2) is 29.8 Å². The van der Waals surface area contributed by atoms with E-state index < -0.39 is 11.6 Å². The van der Waals surface area contributed by atoms with Gasteiger partial charge < -0.3 is 5.32 Å². The molecule has 0 spiro atoms. The van der Waals surface area contributed by atoms with Crippen LogP contribution in [0.4, 0.5) is 13.9 Å². The number of nitrogens with one attached hydrogen (secondary N) is 1. The molecule has 0 unspecified atom stereocenters. The fraction of sp³-hybridized carbons (Fsp3) is 0.100. The second kappa shape index (κ2) is 4.35. The Morgan fingerprint density at radius 1 is 1.33 bits per heavy atom. The van der Waals surface area contributed by atoms with Gasteiger partial charge in [-0.15, -0.1) is 11.3 Å². The van der Waals surface area contributed by atoms with Gasteiger partial charge in [0, 0.05) is 23.7 Å². The Balaban J connectivity index is 2.08. The molecule has 0 saturated carbocycles. The molecule has 1 aromatic heterocycles. The Labute approximate surface area is 89.6 Å². The number of thiazole rings is 1. The third-order valence-corrected chi connectivity index (χ3v) is 2.62. The minimum atomic E-state index is -0.826. The Hall–Kier alpha value is -1.49. The summed E-state index contributed by atoms with van der Waals surface area (Å²) in [7, 11) is 0. The van der Waals surface area contributed by atoms with Gasteiger partial charge in [-0.05, 0) is 6.07 Å². The molecule has 0 amide bonds. The molecule has 5 heteroatoms. The molecule has 0 aliphatic heterocycles. The first-order valence-corrected chi connectivity index (χ1v) is 5.21. The molecule has 2 aromatic rings. The maximum atomic E-state index is 13.2. The molecule has 0 bridgehead atoms. The Kier molecular flexibility index (Phi) is 2.91. The predicted molar refractivity (Wildman–Crippen MR) is 55.8 cm³/mol. The molecule has 0 saturated heterocycles. The first-order chi connectivity index (χ1) is 7.27. The molecular formula is C10H8F2N2S. The van der Waals surface area contributed by atoms with Crippen LogP contribution in [0.2, 0.25) is 0 Å². The molecule has 0 radical (unpaired) electrons. The molecule has 1 aromatic carbocycles. The summed E-state index contributed by atoms with van der Waals surface area (Å²) in [6.07, 6.45) is 1.65. The number of nitrogens with zero attached hydrogens (tertiary/aromatic N) is 1. The van der Waals surface area contributed by atoms with E-state index in [2.05, 4.69) is 10.3 Å². The van der Waals surface area contributed by atoms with Gasteiger partial charge in [-0.2, -0.15) is 0 Å². The number of halogens is 2. The predicted octanol–water partition coefficient (Wildman–Crippen LogP) is 3.03. The summed E-state index contributed by atoms with van der Waals surface area (Å²) in [6.45, 7) is 0.233. The number of hydrogen-bond acceptors (Lipinski definition) is 3. The average Bonchev–Trinajstić information content (AvgIpc) is 2.73. The average molecular weight is 226 g/mol. The maximum Gasteiger partial charge on any atom is 0.182 e. The number of hydrogen-bond donors (Lipinski definition) is 1. The van der Waals surface area contributed by atoms with Gasteiger partial charge in [-0.1, -0.05) is 12.1 Å². The summed E-state index contributed by atoms with van der Waals surface area (Å²) in [4.78, 5) is 3.97. The van der Waals surface area contributed by atoms with Crippen molar-refractivity contribution in [1.82, 2.24) is 4.98 Å². The van der Waals surface area contributed by atoms with Gasteiger partial charge in [0.2, 0.25) is 0 Å². The summed E-state index contributed by atoms with van der Waals surface area (Å²) in [5.41, 5.74) is 0.296. The van der Waals surface area contributed by atoms with Gasteiger partial charge >= 0.3 is 0 Å². The lowest BCUT2D eigenvalue weighted by Crippen LogP contribution is -2.02. The van der Waals surface area contributed by atoms with Gasteiger partial charge in [-0.25, -0.2) is 13.8 Å². The number of rotatable bonds is 3. The first kappa shape index (κ1) is 10.0. The zero-order valence-corrected chi connectivity index (χ0v) is 8.52. The molecule has 2 nitrogen and oxygen atoms in total. The molecular weight excluding hydrogens is 218 g/mol. The lowest BCUT2D eigenvalue weighted by atomic mass is 10.2. The van der Waals surface area contributed by atoms with E-state index in [1.807, 2.05) is 5.38 Å². The summed E-state index contributed by atoms with van der Waals surface area (Å²) in [6, 6.07) is 4.12.